The normalized spacial score (nSPS) is 22.6. The highest BCUT2D eigenvalue weighted by Crippen LogP contribution is 2.18. The number of halogens is 3. The number of carbonyl (C=O) groups is 2. The van der Waals surface area contributed by atoms with E-state index in [0.29, 0.717) is 4.90 Å². The van der Waals surface area contributed by atoms with Crippen molar-refractivity contribution in [3.8, 4) is 0 Å². The number of hydrogen-bond acceptors (Lipinski definition) is 4. The van der Waals surface area contributed by atoms with Crippen LogP contribution in [0.1, 0.15) is 0 Å². The predicted octanol–water partition coefficient (Wildman–Crippen LogP) is -0.348. The van der Waals surface area contributed by atoms with Crippen molar-refractivity contribution in [3.63, 3.8) is 0 Å². The van der Waals surface area contributed by atoms with Crippen LogP contribution in [0.2, 0.25) is 0 Å². The third-order valence-electron chi connectivity index (χ3n) is 2.73. The molecule has 2 unspecified atom stereocenters. The van der Waals surface area contributed by atoms with Gasteiger partial charge in [-0.3, -0.25) is 4.79 Å². The zero-order valence-corrected chi connectivity index (χ0v) is 10.4. The van der Waals surface area contributed by atoms with Gasteiger partial charge in [0.05, 0.1) is 25.9 Å². The Labute approximate surface area is 112 Å². The first kappa shape index (κ1) is 16.5. The summed E-state index contributed by atoms with van der Waals surface area (Å²) in [6, 6.07) is -1.98. The fraction of sp³-hybridized carbons (Fsp3) is 0.800. The average molecular weight is 300 g/mol. The molecule has 3 N–H and O–H groups in total. The molecule has 1 heterocycles. The van der Waals surface area contributed by atoms with E-state index in [1.807, 2.05) is 0 Å². The summed E-state index contributed by atoms with van der Waals surface area (Å²) in [6.45, 7) is -2.85. The number of aliphatic carboxylic acids is 1. The molecule has 0 radical (unpaired) electrons. The standard InChI is InChI=1S/C10H15F3N2O5/c11-10(12,13)5-15(1-2-16)9(19)14-7-4-20-3-6(7)8(17)18/h6-7,16H,1-5H2,(H,14,19)(H,17,18). The van der Waals surface area contributed by atoms with Gasteiger partial charge in [0.1, 0.15) is 12.5 Å². The van der Waals surface area contributed by atoms with Crippen LogP contribution in [0.15, 0.2) is 0 Å². The molecule has 10 heteroatoms. The van der Waals surface area contributed by atoms with Crippen molar-refractivity contribution in [2.75, 3.05) is 32.9 Å². The lowest BCUT2D eigenvalue weighted by Crippen LogP contribution is -2.51. The van der Waals surface area contributed by atoms with Crippen molar-refractivity contribution >= 4 is 12.0 Å². The molecule has 116 valence electrons. The molecule has 0 saturated carbocycles. The maximum absolute atomic E-state index is 12.3. The molecule has 0 aromatic carbocycles. The minimum atomic E-state index is -4.61. The van der Waals surface area contributed by atoms with Crippen molar-refractivity contribution in [1.82, 2.24) is 10.2 Å². The van der Waals surface area contributed by atoms with E-state index in [1.165, 1.54) is 0 Å². The van der Waals surface area contributed by atoms with Crippen LogP contribution in [0, 0.1) is 5.92 Å². The Hall–Kier alpha value is -1.55. The first-order valence-electron chi connectivity index (χ1n) is 5.78. The van der Waals surface area contributed by atoms with Gasteiger partial charge in [-0.25, -0.2) is 4.79 Å². The number of nitrogens with one attached hydrogen (secondary N) is 1. The van der Waals surface area contributed by atoms with Crippen LogP contribution in [-0.4, -0.2) is 72.2 Å². The number of carboxylic acids is 1. The van der Waals surface area contributed by atoms with Gasteiger partial charge in [-0.1, -0.05) is 0 Å². The van der Waals surface area contributed by atoms with E-state index in [4.69, 9.17) is 14.9 Å². The number of urea groups is 1. The van der Waals surface area contributed by atoms with E-state index in [9.17, 15) is 22.8 Å². The number of ether oxygens (including phenoxy) is 1. The minimum absolute atomic E-state index is 0.0817. The molecule has 1 saturated heterocycles. The van der Waals surface area contributed by atoms with Gasteiger partial charge in [0.2, 0.25) is 0 Å². The van der Waals surface area contributed by atoms with Gasteiger partial charge in [-0.2, -0.15) is 13.2 Å². The van der Waals surface area contributed by atoms with Crippen molar-refractivity contribution in [2.24, 2.45) is 5.92 Å². The summed E-state index contributed by atoms with van der Waals surface area (Å²) in [5.41, 5.74) is 0. The van der Waals surface area contributed by atoms with Crippen molar-refractivity contribution in [3.05, 3.63) is 0 Å². The van der Waals surface area contributed by atoms with Crippen LogP contribution in [0.3, 0.4) is 0 Å². The van der Waals surface area contributed by atoms with Gasteiger partial charge in [-0.05, 0) is 0 Å². The second kappa shape index (κ2) is 6.75. The molecule has 1 aliphatic rings. The second-order valence-electron chi connectivity index (χ2n) is 4.30. The maximum Gasteiger partial charge on any atom is 0.406 e. The summed E-state index contributed by atoms with van der Waals surface area (Å²) in [4.78, 5) is 22.9. The van der Waals surface area contributed by atoms with E-state index in [-0.39, 0.29) is 13.2 Å². The van der Waals surface area contributed by atoms with E-state index in [1.54, 1.807) is 0 Å². The van der Waals surface area contributed by atoms with Gasteiger partial charge in [0.25, 0.3) is 0 Å². The van der Waals surface area contributed by atoms with Crippen molar-refractivity contribution in [1.29, 1.82) is 0 Å². The van der Waals surface area contributed by atoms with Crippen LogP contribution in [0.4, 0.5) is 18.0 Å². The molecule has 0 bridgehead atoms. The fourth-order valence-electron chi connectivity index (χ4n) is 1.78. The number of carboxylic acid groups (broad SMARTS) is 1. The summed E-state index contributed by atoms with van der Waals surface area (Å²) >= 11 is 0. The molecule has 0 aliphatic carbocycles. The Bertz CT molecular complexity index is 363. The lowest BCUT2D eigenvalue weighted by molar-refractivity contribution is -0.143. The van der Waals surface area contributed by atoms with E-state index in [2.05, 4.69) is 5.32 Å². The van der Waals surface area contributed by atoms with Crippen LogP contribution >= 0.6 is 0 Å². The molecular weight excluding hydrogens is 285 g/mol. The number of amides is 2. The molecule has 1 aliphatic heterocycles. The van der Waals surface area contributed by atoms with Crippen LogP contribution in [-0.2, 0) is 9.53 Å². The first-order chi connectivity index (χ1) is 9.24. The van der Waals surface area contributed by atoms with Gasteiger partial charge < -0.3 is 25.2 Å². The maximum atomic E-state index is 12.3. The molecular formula is C10H15F3N2O5. The lowest BCUT2D eigenvalue weighted by atomic mass is 10.0. The summed E-state index contributed by atoms with van der Waals surface area (Å²) in [5.74, 6) is -2.20. The van der Waals surface area contributed by atoms with Crippen LogP contribution in [0.5, 0.6) is 0 Å². The third kappa shape index (κ3) is 4.85. The summed E-state index contributed by atoms with van der Waals surface area (Å²) in [6.07, 6.45) is -4.61. The summed E-state index contributed by atoms with van der Waals surface area (Å²) < 4.78 is 41.7. The molecule has 2 amide bonds. The highest BCUT2D eigenvalue weighted by Gasteiger charge is 2.38. The van der Waals surface area contributed by atoms with Crippen LogP contribution < -0.4 is 5.32 Å². The van der Waals surface area contributed by atoms with Gasteiger partial charge in [0, 0.05) is 6.54 Å². The van der Waals surface area contributed by atoms with Crippen molar-refractivity contribution < 1.29 is 37.7 Å². The van der Waals surface area contributed by atoms with E-state index >= 15 is 0 Å². The lowest BCUT2D eigenvalue weighted by Gasteiger charge is -2.26. The molecule has 0 aromatic heterocycles. The Balaban J connectivity index is 2.63. The highest BCUT2D eigenvalue weighted by atomic mass is 19.4. The number of nitrogens with zero attached hydrogens (tertiary/aromatic N) is 1. The zero-order chi connectivity index (χ0) is 15.3. The largest absolute Gasteiger partial charge is 0.481 e. The SMILES string of the molecule is O=C(O)C1COCC1NC(=O)N(CCO)CC(F)(F)F. The molecule has 0 aromatic rings. The molecule has 7 nitrogen and oxygen atoms in total. The number of aliphatic hydroxyl groups is 1. The molecule has 1 fully saturated rings. The smallest absolute Gasteiger partial charge is 0.406 e. The topological polar surface area (TPSA) is 99.1 Å². The average Bonchev–Trinajstić information content (AvgIpc) is 2.74. The van der Waals surface area contributed by atoms with Gasteiger partial charge in [-0.15, -0.1) is 0 Å². The zero-order valence-electron chi connectivity index (χ0n) is 10.4. The minimum Gasteiger partial charge on any atom is -0.481 e. The van der Waals surface area contributed by atoms with E-state index < -0.39 is 49.8 Å². The Morgan fingerprint density at radius 2 is 2.00 bits per heavy atom. The molecule has 20 heavy (non-hydrogen) atoms. The quantitative estimate of drug-likeness (QED) is 0.644. The molecule has 1 rings (SSSR count). The second-order valence-corrected chi connectivity index (χ2v) is 4.30. The van der Waals surface area contributed by atoms with Gasteiger partial charge >= 0.3 is 18.2 Å². The monoisotopic (exact) mass is 300 g/mol. The number of carbonyl (C=O) groups excluding carboxylic acids is 1. The highest BCUT2D eigenvalue weighted by molar-refractivity contribution is 5.77. The number of alkyl halides is 3. The predicted molar refractivity (Wildman–Crippen MR) is 59.0 cm³/mol. The van der Waals surface area contributed by atoms with Gasteiger partial charge in [0.15, 0.2) is 0 Å². The fourth-order valence-corrected chi connectivity index (χ4v) is 1.78. The Morgan fingerprint density at radius 3 is 2.50 bits per heavy atom. The molecule has 0 spiro atoms. The van der Waals surface area contributed by atoms with E-state index in [0.717, 1.165) is 0 Å². The number of hydrogen-bond donors (Lipinski definition) is 3. The third-order valence-corrected chi connectivity index (χ3v) is 2.73. The van der Waals surface area contributed by atoms with Crippen LogP contribution in [0.25, 0.3) is 0 Å². The van der Waals surface area contributed by atoms with Crippen molar-refractivity contribution in [2.45, 2.75) is 12.2 Å². The number of aliphatic hydroxyl groups excluding tert-OH is 1. The Kier molecular flexibility index (Phi) is 5.57. The summed E-state index contributed by atoms with van der Waals surface area (Å²) in [7, 11) is 0. The summed E-state index contributed by atoms with van der Waals surface area (Å²) in [5, 5.41) is 19.7. The molecule has 2 atom stereocenters. The number of rotatable bonds is 5. The first-order valence-corrected chi connectivity index (χ1v) is 5.78. The Morgan fingerprint density at radius 1 is 1.35 bits per heavy atom.